The van der Waals surface area contributed by atoms with Gasteiger partial charge in [-0.25, -0.2) is 14.4 Å². The molecular formula is C26H23FN2O3. The highest BCUT2D eigenvalue weighted by Crippen LogP contribution is 2.48. The highest BCUT2D eigenvalue weighted by molar-refractivity contribution is 6.24. The SMILES string of the molecule is Cc1cc(C)c(N2C(=O)[C@H]3[C@H](ON(c4ccccc4)[C@@H]3c3ccc(F)cc3)C2=O)c(C)c1. The first-order chi connectivity index (χ1) is 15.4. The fourth-order valence-electron chi connectivity index (χ4n) is 4.96. The minimum Gasteiger partial charge on any atom is -0.273 e. The quantitative estimate of drug-likeness (QED) is 0.560. The number of carbonyl (C=O) groups is 2. The molecule has 0 bridgehead atoms. The van der Waals surface area contributed by atoms with Gasteiger partial charge >= 0.3 is 0 Å². The van der Waals surface area contributed by atoms with Gasteiger partial charge in [0.25, 0.3) is 5.91 Å². The van der Waals surface area contributed by atoms with Gasteiger partial charge in [0.1, 0.15) is 11.7 Å². The Hall–Kier alpha value is -3.51. The van der Waals surface area contributed by atoms with Gasteiger partial charge in [-0.05, 0) is 61.7 Å². The van der Waals surface area contributed by atoms with Gasteiger partial charge < -0.3 is 0 Å². The van der Waals surface area contributed by atoms with Crippen LogP contribution in [0.5, 0.6) is 0 Å². The Kier molecular flexibility index (Phi) is 4.82. The maximum Gasteiger partial charge on any atom is 0.266 e. The number of fused-ring (bicyclic) bond motifs is 1. The third-order valence-electron chi connectivity index (χ3n) is 6.20. The molecule has 32 heavy (non-hydrogen) atoms. The number of rotatable bonds is 3. The molecule has 2 aliphatic rings. The van der Waals surface area contributed by atoms with Gasteiger partial charge in [-0.15, -0.1) is 0 Å². The van der Waals surface area contributed by atoms with Crippen LogP contribution in [0.4, 0.5) is 15.8 Å². The van der Waals surface area contributed by atoms with E-state index in [0.29, 0.717) is 11.3 Å². The monoisotopic (exact) mass is 430 g/mol. The van der Waals surface area contributed by atoms with Crippen LogP contribution in [0.2, 0.25) is 0 Å². The van der Waals surface area contributed by atoms with E-state index in [1.165, 1.54) is 17.0 Å². The molecule has 0 N–H and O–H groups in total. The zero-order valence-corrected chi connectivity index (χ0v) is 18.1. The smallest absolute Gasteiger partial charge is 0.266 e. The van der Waals surface area contributed by atoms with E-state index < -0.39 is 18.1 Å². The number of aryl methyl sites for hydroxylation is 3. The van der Waals surface area contributed by atoms with Crippen molar-refractivity contribution in [1.29, 1.82) is 0 Å². The van der Waals surface area contributed by atoms with Crippen molar-refractivity contribution >= 4 is 23.2 Å². The van der Waals surface area contributed by atoms with Crippen molar-refractivity contribution in [2.45, 2.75) is 32.9 Å². The Morgan fingerprint density at radius 2 is 1.47 bits per heavy atom. The maximum absolute atomic E-state index is 13.7. The van der Waals surface area contributed by atoms with Crippen molar-refractivity contribution in [2.24, 2.45) is 5.92 Å². The molecule has 0 unspecified atom stereocenters. The second-order valence-corrected chi connectivity index (χ2v) is 8.47. The van der Waals surface area contributed by atoms with Gasteiger partial charge in [-0.2, -0.15) is 0 Å². The molecule has 2 heterocycles. The van der Waals surface area contributed by atoms with Crippen LogP contribution >= 0.6 is 0 Å². The van der Waals surface area contributed by atoms with Gasteiger partial charge in [-0.1, -0.05) is 48.0 Å². The summed E-state index contributed by atoms with van der Waals surface area (Å²) in [6.07, 6.45) is -0.946. The highest BCUT2D eigenvalue weighted by atomic mass is 19.1. The van der Waals surface area contributed by atoms with Crippen molar-refractivity contribution in [1.82, 2.24) is 0 Å². The third-order valence-corrected chi connectivity index (χ3v) is 6.20. The fourth-order valence-corrected chi connectivity index (χ4v) is 4.96. The average molecular weight is 430 g/mol. The minimum atomic E-state index is -0.946. The lowest BCUT2D eigenvalue weighted by molar-refractivity contribution is -0.126. The topological polar surface area (TPSA) is 49.9 Å². The number of carbonyl (C=O) groups excluding carboxylic acids is 2. The Balaban J connectivity index is 1.61. The van der Waals surface area contributed by atoms with E-state index in [0.717, 1.165) is 22.4 Å². The first-order valence-corrected chi connectivity index (χ1v) is 10.6. The van der Waals surface area contributed by atoms with Crippen molar-refractivity contribution in [3.05, 3.63) is 94.8 Å². The molecular weight excluding hydrogens is 407 g/mol. The van der Waals surface area contributed by atoms with E-state index >= 15 is 0 Å². The predicted octanol–water partition coefficient (Wildman–Crippen LogP) is 4.80. The average Bonchev–Trinajstić information content (AvgIpc) is 3.26. The lowest BCUT2D eigenvalue weighted by Gasteiger charge is -2.29. The van der Waals surface area contributed by atoms with Crippen molar-refractivity contribution in [2.75, 3.05) is 9.96 Å². The molecule has 3 aromatic rings. The molecule has 3 aromatic carbocycles. The Bertz CT molecular complexity index is 1190. The van der Waals surface area contributed by atoms with E-state index in [1.807, 2.05) is 63.2 Å². The summed E-state index contributed by atoms with van der Waals surface area (Å²) in [6, 6.07) is 18.7. The number of para-hydroxylation sites is 1. The lowest BCUT2D eigenvalue weighted by Crippen LogP contribution is -2.38. The molecule has 0 aliphatic carbocycles. The molecule has 0 aromatic heterocycles. The first-order valence-electron chi connectivity index (χ1n) is 10.6. The van der Waals surface area contributed by atoms with Crippen LogP contribution in [0.3, 0.4) is 0 Å². The molecule has 2 fully saturated rings. The fraction of sp³-hybridized carbons (Fsp3) is 0.231. The number of anilines is 2. The molecule has 0 spiro atoms. The summed E-state index contributed by atoms with van der Waals surface area (Å²) in [6.45, 7) is 5.79. The van der Waals surface area contributed by atoms with Crippen LogP contribution in [0.25, 0.3) is 0 Å². The zero-order chi connectivity index (χ0) is 22.6. The standard InChI is InChI=1S/C26H23FN2O3/c1-15-13-16(2)22(17(3)14-15)28-25(30)21-23(18-9-11-19(27)12-10-18)29(32-24(21)26(28)31)20-7-5-4-6-8-20/h4-14,21,23-24H,1-3H3/t21-,23-,24+/m1/s1. The third kappa shape index (κ3) is 3.10. The number of amides is 2. The van der Waals surface area contributed by atoms with Gasteiger partial charge in [0.05, 0.1) is 17.4 Å². The number of hydrogen-bond donors (Lipinski definition) is 0. The Morgan fingerprint density at radius 1 is 0.844 bits per heavy atom. The lowest BCUT2D eigenvalue weighted by atomic mass is 9.90. The van der Waals surface area contributed by atoms with Crippen molar-refractivity contribution in [3.8, 4) is 0 Å². The van der Waals surface area contributed by atoms with Crippen LogP contribution in [0, 0.1) is 32.5 Å². The molecule has 0 saturated carbocycles. The summed E-state index contributed by atoms with van der Waals surface area (Å²) in [4.78, 5) is 34.6. The minimum absolute atomic E-state index is 0.303. The molecule has 0 radical (unpaired) electrons. The molecule has 5 nitrogen and oxygen atoms in total. The van der Waals surface area contributed by atoms with Gasteiger partial charge in [0.2, 0.25) is 5.91 Å². The largest absolute Gasteiger partial charge is 0.273 e. The summed E-state index contributed by atoms with van der Waals surface area (Å²) in [5.41, 5.74) is 4.85. The summed E-state index contributed by atoms with van der Waals surface area (Å²) in [5.74, 6) is -1.78. The van der Waals surface area contributed by atoms with Crippen molar-refractivity contribution < 1.29 is 18.8 Å². The van der Waals surface area contributed by atoms with Gasteiger partial charge in [-0.3, -0.25) is 14.4 Å². The Labute approximate surface area is 186 Å². The number of nitrogens with zero attached hydrogens (tertiary/aromatic N) is 2. The molecule has 6 heteroatoms. The Morgan fingerprint density at radius 3 is 2.09 bits per heavy atom. The first kappa shape index (κ1) is 20.4. The van der Waals surface area contributed by atoms with E-state index in [9.17, 15) is 14.0 Å². The molecule has 162 valence electrons. The second kappa shape index (κ2) is 7.57. The summed E-state index contributed by atoms with van der Waals surface area (Å²) >= 11 is 0. The van der Waals surface area contributed by atoms with Crippen LogP contribution in [-0.2, 0) is 14.4 Å². The van der Waals surface area contributed by atoms with E-state index in [-0.39, 0.29) is 17.6 Å². The van der Waals surface area contributed by atoms with E-state index in [1.54, 1.807) is 17.2 Å². The number of halogens is 1. The number of imide groups is 1. The number of hydrogen-bond acceptors (Lipinski definition) is 4. The van der Waals surface area contributed by atoms with Gasteiger partial charge in [0, 0.05) is 0 Å². The summed E-state index contributed by atoms with van der Waals surface area (Å²) in [7, 11) is 0. The molecule has 3 atom stereocenters. The summed E-state index contributed by atoms with van der Waals surface area (Å²) in [5, 5.41) is 1.62. The normalized spacial score (nSPS) is 22.6. The van der Waals surface area contributed by atoms with Crippen molar-refractivity contribution in [3.63, 3.8) is 0 Å². The maximum atomic E-state index is 13.7. The van der Waals surface area contributed by atoms with Crippen LogP contribution in [-0.4, -0.2) is 17.9 Å². The highest BCUT2D eigenvalue weighted by Gasteiger charge is 2.60. The van der Waals surface area contributed by atoms with Gasteiger partial charge in [0.15, 0.2) is 6.10 Å². The molecule has 2 amide bonds. The molecule has 2 aliphatic heterocycles. The van der Waals surface area contributed by atoms with Crippen LogP contribution in [0.15, 0.2) is 66.7 Å². The summed E-state index contributed by atoms with van der Waals surface area (Å²) < 4.78 is 13.6. The van der Waals surface area contributed by atoms with Crippen LogP contribution in [0.1, 0.15) is 28.3 Å². The number of hydroxylamine groups is 1. The van der Waals surface area contributed by atoms with E-state index in [2.05, 4.69) is 0 Å². The molecule has 5 rings (SSSR count). The molecule has 2 saturated heterocycles. The van der Waals surface area contributed by atoms with E-state index in [4.69, 9.17) is 4.84 Å². The number of benzene rings is 3. The predicted molar refractivity (Wildman–Crippen MR) is 120 cm³/mol. The van der Waals surface area contributed by atoms with Crippen LogP contribution < -0.4 is 9.96 Å². The second-order valence-electron chi connectivity index (χ2n) is 8.47. The zero-order valence-electron chi connectivity index (χ0n) is 18.1.